The van der Waals surface area contributed by atoms with Crippen LogP contribution in [0.2, 0.25) is 19.6 Å². The van der Waals surface area contributed by atoms with Crippen LogP contribution in [0.1, 0.15) is 0 Å². The summed E-state index contributed by atoms with van der Waals surface area (Å²) in [7, 11) is -3.65. The number of benzene rings is 1. The maximum Gasteiger partial charge on any atom is 0.351 e. The Morgan fingerprint density at radius 1 is 0.923 bits per heavy atom. The maximum atomic E-state index is 5.96. The van der Waals surface area contributed by atoms with Crippen LogP contribution >= 0.6 is 0 Å². The lowest BCUT2D eigenvalue weighted by atomic mass is 10.4. The molecule has 1 heterocycles. The van der Waals surface area contributed by atoms with E-state index in [0.717, 1.165) is 0 Å². The molecule has 4 heteroatoms. The highest BCUT2D eigenvalue weighted by molar-refractivity contribution is 6.99. The van der Waals surface area contributed by atoms with Crippen molar-refractivity contribution in [2.75, 3.05) is 0 Å². The maximum absolute atomic E-state index is 5.96. The van der Waals surface area contributed by atoms with Crippen LogP contribution in [-0.2, 0) is 8.23 Å². The Bertz CT molecular complexity index is 303. The van der Waals surface area contributed by atoms with E-state index in [4.69, 9.17) is 8.23 Å². The third-order valence-electron chi connectivity index (χ3n) is 2.18. The first-order valence-electron chi connectivity index (χ1n) is 4.48. The molecule has 0 amide bonds. The Kier molecular flexibility index (Phi) is 1.96. The average Bonchev–Trinajstić information content (AvgIpc) is 2.02. The monoisotopic (exact) mass is 210 g/mol. The summed E-state index contributed by atoms with van der Waals surface area (Å²) in [5.41, 5.74) is 0. The van der Waals surface area contributed by atoms with Crippen molar-refractivity contribution in [2.24, 2.45) is 0 Å². The molecule has 0 radical (unpaired) electrons. The van der Waals surface area contributed by atoms with Gasteiger partial charge in [0.2, 0.25) is 0 Å². The summed E-state index contributed by atoms with van der Waals surface area (Å²) in [4.78, 5) is 0. The molecule has 0 saturated carbocycles. The third kappa shape index (κ3) is 1.62. The van der Waals surface area contributed by atoms with Crippen molar-refractivity contribution in [2.45, 2.75) is 19.6 Å². The fraction of sp³-hybridized carbons (Fsp3) is 0.333. The highest BCUT2D eigenvalue weighted by Gasteiger charge is 2.54. The van der Waals surface area contributed by atoms with Crippen LogP contribution in [0.3, 0.4) is 0 Å². The van der Waals surface area contributed by atoms with Gasteiger partial charge < -0.3 is 8.23 Å². The van der Waals surface area contributed by atoms with Crippen molar-refractivity contribution in [3.8, 4) is 0 Å². The SMILES string of the molecule is C[Si]1(C)O[Si](C)(c2ccccc2)O1. The molecule has 0 unspecified atom stereocenters. The zero-order valence-corrected chi connectivity index (χ0v) is 10.2. The zero-order chi connectivity index (χ0) is 9.53. The van der Waals surface area contributed by atoms with Gasteiger partial charge in [-0.2, -0.15) is 0 Å². The summed E-state index contributed by atoms with van der Waals surface area (Å²) in [6.45, 7) is 6.29. The molecule has 2 nitrogen and oxygen atoms in total. The van der Waals surface area contributed by atoms with Gasteiger partial charge in [0.1, 0.15) is 0 Å². The van der Waals surface area contributed by atoms with Crippen LogP contribution in [-0.4, -0.2) is 17.1 Å². The van der Waals surface area contributed by atoms with Crippen molar-refractivity contribution < 1.29 is 8.23 Å². The summed E-state index contributed by atoms with van der Waals surface area (Å²) in [6.07, 6.45) is 0. The fourth-order valence-corrected chi connectivity index (χ4v) is 11.1. The highest BCUT2D eigenvalue weighted by atomic mass is 28.5. The summed E-state index contributed by atoms with van der Waals surface area (Å²) in [5, 5.41) is 1.24. The number of hydrogen-bond donors (Lipinski definition) is 0. The van der Waals surface area contributed by atoms with Gasteiger partial charge in [-0.05, 0) is 24.8 Å². The Balaban J connectivity index is 2.21. The highest BCUT2D eigenvalue weighted by Crippen LogP contribution is 2.29. The van der Waals surface area contributed by atoms with E-state index in [-0.39, 0.29) is 0 Å². The first kappa shape index (κ1) is 9.14. The van der Waals surface area contributed by atoms with Gasteiger partial charge in [0, 0.05) is 0 Å². The van der Waals surface area contributed by atoms with E-state index >= 15 is 0 Å². The molecular formula is C9H14O2Si2. The van der Waals surface area contributed by atoms with E-state index in [1.165, 1.54) is 5.19 Å². The lowest BCUT2D eigenvalue weighted by Gasteiger charge is -2.48. The predicted octanol–water partition coefficient (Wildman–Crippen LogP) is 1.71. The lowest BCUT2D eigenvalue weighted by molar-refractivity contribution is 0.244. The van der Waals surface area contributed by atoms with Crippen LogP contribution in [0.25, 0.3) is 0 Å². The Morgan fingerprint density at radius 2 is 1.46 bits per heavy atom. The predicted molar refractivity (Wildman–Crippen MR) is 57.3 cm³/mol. The quantitative estimate of drug-likeness (QED) is 0.657. The molecule has 0 bridgehead atoms. The molecule has 1 fully saturated rings. The number of hydrogen-bond acceptors (Lipinski definition) is 2. The standard InChI is InChI=1S/C9H14O2Si2/c1-12(2)10-13(3,11-12)9-7-5-4-6-8-9/h4-8H,1-3H3. The van der Waals surface area contributed by atoms with Crippen LogP contribution < -0.4 is 5.19 Å². The molecule has 0 spiro atoms. The largest absolute Gasteiger partial charge is 0.412 e. The molecule has 0 N–H and O–H groups in total. The first-order chi connectivity index (χ1) is 6.02. The van der Waals surface area contributed by atoms with E-state index in [1.54, 1.807) is 0 Å². The van der Waals surface area contributed by atoms with Gasteiger partial charge in [-0.25, -0.2) is 0 Å². The van der Waals surface area contributed by atoms with Gasteiger partial charge in [0.15, 0.2) is 0 Å². The molecule has 1 aliphatic heterocycles. The van der Waals surface area contributed by atoms with Crippen LogP contribution in [0.15, 0.2) is 30.3 Å². The normalized spacial score (nSPS) is 23.6. The van der Waals surface area contributed by atoms with E-state index in [1.807, 2.05) is 18.2 Å². The molecule has 0 aliphatic carbocycles. The van der Waals surface area contributed by atoms with E-state index in [2.05, 4.69) is 31.8 Å². The van der Waals surface area contributed by atoms with Gasteiger partial charge in [-0.3, -0.25) is 0 Å². The smallest absolute Gasteiger partial charge is 0.351 e. The summed E-state index contributed by atoms with van der Waals surface area (Å²) < 4.78 is 11.9. The van der Waals surface area contributed by atoms with Crippen molar-refractivity contribution in [3.05, 3.63) is 30.3 Å². The molecular weight excluding hydrogens is 196 g/mol. The summed E-state index contributed by atoms with van der Waals surface area (Å²) in [6, 6.07) is 10.3. The molecule has 0 atom stereocenters. The summed E-state index contributed by atoms with van der Waals surface area (Å²) in [5.74, 6) is 0. The van der Waals surface area contributed by atoms with Crippen molar-refractivity contribution in [3.63, 3.8) is 0 Å². The van der Waals surface area contributed by atoms with Gasteiger partial charge in [-0.15, -0.1) is 0 Å². The second-order valence-electron chi connectivity index (χ2n) is 3.92. The van der Waals surface area contributed by atoms with Gasteiger partial charge >= 0.3 is 17.1 Å². The second-order valence-corrected chi connectivity index (χ2v) is 10.8. The Labute approximate surface area is 81.0 Å². The minimum Gasteiger partial charge on any atom is -0.412 e. The minimum atomic E-state index is -1.95. The summed E-state index contributed by atoms with van der Waals surface area (Å²) >= 11 is 0. The second kappa shape index (κ2) is 2.78. The van der Waals surface area contributed by atoms with Gasteiger partial charge in [-0.1, -0.05) is 30.3 Å². The van der Waals surface area contributed by atoms with Crippen molar-refractivity contribution in [1.29, 1.82) is 0 Å². The molecule has 1 saturated heterocycles. The third-order valence-corrected chi connectivity index (χ3v) is 10.6. The zero-order valence-electron chi connectivity index (χ0n) is 8.20. The number of rotatable bonds is 1. The van der Waals surface area contributed by atoms with E-state index < -0.39 is 17.1 Å². The van der Waals surface area contributed by atoms with Gasteiger partial charge in [0.25, 0.3) is 0 Å². The van der Waals surface area contributed by atoms with E-state index in [9.17, 15) is 0 Å². The molecule has 1 aromatic rings. The molecule has 0 aromatic heterocycles. The molecule has 1 aromatic carbocycles. The van der Waals surface area contributed by atoms with Crippen molar-refractivity contribution >= 4 is 22.3 Å². The Morgan fingerprint density at radius 3 is 1.92 bits per heavy atom. The van der Waals surface area contributed by atoms with Crippen LogP contribution in [0.4, 0.5) is 0 Å². The van der Waals surface area contributed by atoms with Crippen LogP contribution in [0, 0.1) is 0 Å². The first-order valence-corrected chi connectivity index (χ1v) is 9.61. The van der Waals surface area contributed by atoms with Crippen molar-refractivity contribution in [1.82, 2.24) is 0 Å². The molecule has 2 rings (SSSR count). The lowest BCUT2D eigenvalue weighted by Crippen LogP contribution is -2.71. The molecule has 70 valence electrons. The molecule has 1 aliphatic rings. The topological polar surface area (TPSA) is 18.5 Å². The molecule has 13 heavy (non-hydrogen) atoms. The Hall–Kier alpha value is -0.426. The van der Waals surface area contributed by atoms with Gasteiger partial charge in [0.05, 0.1) is 0 Å². The average molecular weight is 210 g/mol. The minimum absolute atomic E-state index is 1.24. The fourth-order valence-electron chi connectivity index (χ4n) is 1.80. The van der Waals surface area contributed by atoms with E-state index in [0.29, 0.717) is 0 Å². The van der Waals surface area contributed by atoms with Crippen LogP contribution in [0.5, 0.6) is 0 Å².